The van der Waals surface area contributed by atoms with Crippen molar-refractivity contribution >= 4 is 30.7 Å². The maximum Gasteiger partial charge on any atom is 0.221 e. The van der Waals surface area contributed by atoms with Crippen LogP contribution in [0.1, 0.15) is 12.8 Å². The van der Waals surface area contributed by atoms with E-state index in [1.807, 2.05) is 7.05 Å². The van der Waals surface area contributed by atoms with Gasteiger partial charge in [-0.1, -0.05) is 0 Å². The van der Waals surface area contributed by atoms with Crippen molar-refractivity contribution in [2.75, 3.05) is 20.1 Å². The van der Waals surface area contributed by atoms with Crippen molar-refractivity contribution in [2.24, 2.45) is 11.7 Å². The minimum absolute atomic E-state index is 0. The van der Waals surface area contributed by atoms with Gasteiger partial charge in [-0.25, -0.2) is 0 Å². The number of likely N-dealkylation sites (tertiary alicyclic amines) is 1. The van der Waals surface area contributed by atoms with Crippen molar-refractivity contribution in [3.8, 4) is 0 Å². The van der Waals surface area contributed by atoms with Crippen LogP contribution in [0.3, 0.4) is 0 Å². The van der Waals surface area contributed by atoms with Crippen molar-refractivity contribution in [2.45, 2.75) is 12.8 Å². The summed E-state index contributed by atoms with van der Waals surface area (Å²) in [5.74, 6) is -0.0506. The number of amides is 1. The zero-order valence-corrected chi connectivity index (χ0v) is 8.79. The van der Waals surface area contributed by atoms with Gasteiger partial charge in [0.05, 0.1) is 5.92 Å². The third-order valence-electron chi connectivity index (χ3n) is 2.03. The molecule has 1 aliphatic heterocycles. The van der Waals surface area contributed by atoms with Gasteiger partial charge in [0, 0.05) is 6.54 Å². The summed E-state index contributed by atoms with van der Waals surface area (Å²) in [6, 6.07) is 0. The largest absolute Gasteiger partial charge is 0.369 e. The maximum atomic E-state index is 10.7. The van der Waals surface area contributed by atoms with E-state index in [2.05, 4.69) is 4.90 Å². The maximum absolute atomic E-state index is 10.7. The number of rotatable bonds is 1. The van der Waals surface area contributed by atoms with Crippen LogP contribution in [0.25, 0.3) is 0 Å². The topological polar surface area (TPSA) is 46.3 Å². The van der Waals surface area contributed by atoms with Crippen molar-refractivity contribution in [1.82, 2.24) is 4.90 Å². The zero-order chi connectivity index (χ0) is 7.56. The van der Waals surface area contributed by atoms with E-state index in [4.69, 9.17) is 5.73 Å². The Morgan fingerprint density at radius 3 is 2.42 bits per heavy atom. The molecule has 1 atom stereocenters. The normalized spacial score (nSPS) is 23.6. The molecule has 1 unspecified atom stereocenters. The highest BCUT2D eigenvalue weighted by Gasteiger charge is 2.20. The molecule has 0 aromatic carbocycles. The van der Waals surface area contributed by atoms with E-state index in [9.17, 15) is 4.79 Å². The molecule has 0 spiro atoms. The van der Waals surface area contributed by atoms with Crippen molar-refractivity contribution in [1.29, 1.82) is 0 Å². The van der Waals surface area contributed by atoms with Crippen LogP contribution in [0, 0.1) is 5.92 Å². The Bertz CT molecular complexity index is 143. The zero-order valence-electron chi connectivity index (χ0n) is 7.16. The number of primary amides is 1. The summed E-state index contributed by atoms with van der Waals surface area (Å²) < 4.78 is 0. The molecule has 0 saturated carbocycles. The summed E-state index contributed by atoms with van der Waals surface area (Å²) in [7, 11) is 2.02. The SMILES string of the molecule is CN1CCCC(C(N)=O)C1.Cl.Cl. The average molecular weight is 215 g/mol. The molecular formula is C7H16Cl2N2O. The van der Waals surface area contributed by atoms with Gasteiger partial charge in [0.1, 0.15) is 0 Å². The lowest BCUT2D eigenvalue weighted by Crippen LogP contribution is -2.38. The Hall–Kier alpha value is 0.01000. The number of nitrogens with two attached hydrogens (primary N) is 1. The fourth-order valence-electron chi connectivity index (χ4n) is 1.40. The van der Waals surface area contributed by atoms with Gasteiger partial charge < -0.3 is 10.6 Å². The van der Waals surface area contributed by atoms with E-state index in [0.717, 1.165) is 25.9 Å². The van der Waals surface area contributed by atoms with Crippen molar-refractivity contribution in [3.63, 3.8) is 0 Å². The molecule has 1 heterocycles. The molecule has 5 heteroatoms. The van der Waals surface area contributed by atoms with Gasteiger partial charge >= 0.3 is 0 Å². The van der Waals surface area contributed by atoms with Crippen LogP contribution in [0.5, 0.6) is 0 Å². The molecule has 0 bridgehead atoms. The molecule has 1 fully saturated rings. The Morgan fingerprint density at radius 2 is 2.08 bits per heavy atom. The quantitative estimate of drug-likeness (QED) is 0.698. The number of carbonyl (C=O) groups excluding carboxylic acids is 1. The first-order valence-electron chi connectivity index (χ1n) is 3.68. The van der Waals surface area contributed by atoms with Crippen molar-refractivity contribution in [3.05, 3.63) is 0 Å². The van der Waals surface area contributed by atoms with Gasteiger partial charge in [0.25, 0.3) is 0 Å². The van der Waals surface area contributed by atoms with Crippen molar-refractivity contribution < 1.29 is 4.79 Å². The Morgan fingerprint density at radius 1 is 1.50 bits per heavy atom. The van der Waals surface area contributed by atoms with Gasteiger partial charge in [-0.3, -0.25) is 4.79 Å². The highest BCUT2D eigenvalue weighted by atomic mass is 35.5. The summed E-state index contributed by atoms with van der Waals surface area (Å²) in [6.07, 6.45) is 2.07. The second-order valence-electron chi connectivity index (χ2n) is 3.00. The molecule has 2 N–H and O–H groups in total. The number of nitrogens with zero attached hydrogens (tertiary/aromatic N) is 1. The summed E-state index contributed by atoms with van der Waals surface area (Å²) in [5.41, 5.74) is 5.16. The van der Waals surface area contributed by atoms with Gasteiger partial charge in [0.15, 0.2) is 0 Å². The van der Waals surface area contributed by atoms with Crippen LogP contribution >= 0.6 is 24.8 Å². The number of carbonyl (C=O) groups is 1. The minimum Gasteiger partial charge on any atom is -0.369 e. The smallest absolute Gasteiger partial charge is 0.221 e. The monoisotopic (exact) mass is 214 g/mol. The molecule has 0 radical (unpaired) electrons. The lowest BCUT2D eigenvalue weighted by molar-refractivity contribution is -0.123. The third kappa shape index (κ3) is 4.14. The first-order valence-corrected chi connectivity index (χ1v) is 3.68. The molecule has 0 aromatic rings. The van der Waals surface area contributed by atoms with Gasteiger partial charge in [-0.2, -0.15) is 0 Å². The fourth-order valence-corrected chi connectivity index (χ4v) is 1.40. The first-order chi connectivity index (χ1) is 4.70. The summed E-state index contributed by atoms with van der Waals surface area (Å²) in [6.45, 7) is 1.94. The van der Waals surface area contributed by atoms with E-state index in [-0.39, 0.29) is 36.6 Å². The Kier molecular flexibility index (Phi) is 7.89. The Balaban J connectivity index is 0. The third-order valence-corrected chi connectivity index (χ3v) is 2.03. The number of hydrogen-bond donors (Lipinski definition) is 1. The summed E-state index contributed by atoms with van der Waals surface area (Å²) in [5, 5.41) is 0. The number of halogens is 2. The van der Waals surface area contributed by atoms with E-state index >= 15 is 0 Å². The number of piperidine rings is 1. The van der Waals surface area contributed by atoms with E-state index in [1.165, 1.54) is 0 Å². The fraction of sp³-hybridized carbons (Fsp3) is 0.857. The number of hydrogen-bond acceptors (Lipinski definition) is 2. The molecule has 12 heavy (non-hydrogen) atoms. The summed E-state index contributed by atoms with van der Waals surface area (Å²) >= 11 is 0. The van der Waals surface area contributed by atoms with Crippen LogP contribution in [0.2, 0.25) is 0 Å². The lowest BCUT2D eigenvalue weighted by atomic mass is 9.98. The van der Waals surface area contributed by atoms with Crippen LogP contribution in [-0.4, -0.2) is 30.9 Å². The van der Waals surface area contributed by atoms with Gasteiger partial charge in [-0.15, -0.1) is 24.8 Å². The molecule has 1 aliphatic rings. The standard InChI is InChI=1S/C7H14N2O.2ClH/c1-9-4-2-3-6(5-9)7(8)10;;/h6H,2-5H2,1H3,(H2,8,10);2*1H. The highest BCUT2D eigenvalue weighted by molar-refractivity contribution is 5.85. The molecular weight excluding hydrogens is 199 g/mol. The first kappa shape index (κ1) is 14.5. The molecule has 1 rings (SSSR count). The second kappa shape index (κ2) is 6.52. The molecule has 0 aliphatic carbocycles. The summed E-state index contributed by atoms with van der Waals surface area (Å²) in [4.78, 5) is 12.8. The average Bonchev–Trinajstić information content (AvgIpc) is 1.88. The molecule has 3 nitrogen and oxygen atoms in total. The lowest BCUT2D eigenvalue weighted by Gasteiger charge is -2.27. The second-order valence-corrected chi connectivity index (χ2v) is 3.00. The van der Waals surface area contributed by atoms with Gasteiger partial charge in [-0.05, 0) is 26.4 Å². The van der Waals surface area contributed by atoms with Gasteiger partial charge in [0.2, 0.25) is 5.91 Å². The minimum atomic E-state index is -0.147. The van der Waals surface area contributed by atoms with Crippen LogP contribution in [-0.2, 0) is 4.79 Å². The predicted octanol–water partition coefficient (Wildman–Crippen LogP) is 0.657. The van der Waals surface area contributed by atoms with Crippen LogP contribution in [0.4, 0.5) is 0 Å². The Labute approximate surface area is 85.5 Å². The predicted molar refractivity (Wildman–Crippen MR) is 53.9 cm³/mol. The van der Waals surface area contributed by atoms with Crippen LogP contribution in [0.15, 0.2) is 0 Å². The highest BCUT2D eigenvalue weighted by Crippen LogP contribution is 2.13. The van der Waals surface area contributed by atoms with E-state index in [1.54, 1.807) is 0 Å². The molecule has 0 aromatic heterocycles. The molecule has 1 saturated heterocycles. The molecule has 74 valence electrons. The van der Waals surface area contributed by atoms with Crippen LogP contribution < -0.4 is 5.73 Å². The van der Waals surface area contributed by atoms with E-state index in [0.29, 0.717) is 0 Å². The van der Waals surface area contributed by atoms with E-state index < -0.39 is 0 Å². The molecule has 1 amide bonds.